The Bertz CT molecular complexity index is 711. The van der Waals surface area contributed by atoms with Crippen molar-refractivity contribution < 1.29 is 18.5 Å². The number of nitrogen functional groups attached to an aromatic ring is 1. The molecule has 0 radical (unpaired) electrons. The van der Waals surface area contributed by atoms with Crippen molar-refractivity contribution in [1.29, 1.82) is 0 Å². The average molecular weight is 293 g/mol. The fraction of sp³-hybridized carbons (Fsp3) is 0.154. The minimum absolute atomic E-state index is 0.0221. The number of rotatable bonds is 4. The van der Waals surface area contributed by atoms with E-state index in [-0.39, 0.29) is 6.54 Å². The molecule has 0 saturated carbocycles. The van der Waals surface area contributed by atoms with Crippen LogP contribution in [-0.2, 0) is 6.54 Å². The van der Waals surface area contributed by atoms with Crippen LogP contribution in [0.2, 0.25) is 0 Å². The van der Waals surface area contributed by atoms with Crippen LogP contribution < -0.4 is 11.1 Å². The lowest BCUT2D eigenvalue weighted by molar-refractivity contribution is -0.384. The molecular weight excluding hydrogens is 281 g/mol. The molecule has 1 aromatic heterocycles. The van der Waals surface area contributed by atoms with Crippen molar-refractivity contribution in [2.75, 3.05) is 5.73 Å². The third-order valence-corrected chi connectivity index (χ3v) is 2.81. The van der Waals surface area contributed by atoms with Crippen molar-refractivity contribution in [1.82, 2.24) is 5.32 Å². The van der Waals surface area contributed by atoms with Crippen LogP contribution in [0, 0.1) is 22.9 Å². The highest BCUT2D eigenvalue weighted by molar-refractivity contribution is 6.01. The molecule has 0 unspecified atom stereocenters. The summed E-state index contributed by atoms with van der Waals surface area (Å²) in [6.07, 6.45) is 0. The van der Waals surface area contributed by atoms with Crippen LogP contribution in [0.4, 0.5) is 15.8 Å². The monoisotopic (exact) mass is 293 g/mol. The zero-order valence-electron chi connectivity index (χ0n) is 11.1. The van der Waals surface area contributed by atoms with E-state index >= 15 is 0 Å². The van der Waals surface area contributed by atoms with Crippen molar-refractivity contribution in [3.05, 3.63) is 57.3 Å². The summed E-state index contributed by atoms with van der Waals surface area (Å²) in [5.41, 5.74) is 3.92. The van der Waals surface area contributed by atoms with Gasteiger partial charge in [0.2, 0.25) is 0 Å². The van der Waals surface area contributed by atoms with Crippen molar-refractivity contribution in [2.24, 2.45) is 0 Å². The van der Waals surface area contributed by atoms with Crippen molar-refractivity contribution in [3.8, 4) is 0 Å². The SMILES string of the molecule is Cc1ccc(CNC(=O)c2c(F)ccc([N+](=O)[O-])c2N)o1. The van der Waals surface area contributed by atoms with Gasteiger partial charge in [0.1, 0.15) is 28.6 Å². The van der Waals surface area contributed by atoms with Gasteiger partial charge >= 0.3 is 0 Å². The maximum absolute atomic E-state index is 13.7. The number of carbonyl (C=O) groups excluding carboxylic acids is 1. The van der Waals surface area contributed by atoms with Crippen LogP contribution in [0.1, 0.15) is 21.9 Å². The second kappa shape index (κ2) is 5.61. The number of hydrogen-bond acceptors (Lipinski definition) is 5. The Morgan fingerprint density at radius 2 is 2.14 bits per heavy atom. The maximum Gasteiger partial charge on any atom is 0.293 e. The number of carbonyl (C=O) groups is 1. The van der Waals surface area contributed by atoms with Gasteiger partial charge in [-0.25, -0.2) is 4.39 Å². The number of nitrogens with one attached hydrogen (secondary N) is 1. The Kier molecular flexibility index (Phi) is 3.88. The van der Waals surface area contributed by atoms with E-state index in [1.54, 1.807) is 19.1 Å². The molecule has 0 spiro atoms. The number of hydrogen-bond donors (Lipinski definition) is 2. The van der Waals surface area contributed by atoms with Crippen LogP contribution in [0.5, 0.6) is 0 Å². The molecule has 0 saturated heterocycles. The Morgan fingerprint density at radius 3 is 2.71 bits per heavy atom. The van der Waals surface area contributed by atoms with Crippen LogP contribution >= 0.6 is 0 Å². The number of nitro groups is 1. The second-order valence-corrected chi connectivity index (χ2v) is 4.31. The van der Waals surface area contributed by atoms with Crippen LogP contribution in [0.3, 0.4) is 0 Å². The molecule has 0 aliphatic carbocycles. The molecule has 0 aliphatic rings. The fourth-order valence-corrected chi connectivity index (χ4v) is 1.81. The quantitative estimate of drug-likeness (QED) is 0.509. The highest BCUT2D eigenvalue weighted by atomic mass is 19.1. The lowest BCUT2D eigenvalue weighted by Gasteiger charge is -2.08. The molecule has 2 aromatic rings. The molecule has 21 heavy (non-hydrogen) atoms. The van der Waals surface area contributed by atoms with E-state index in [1.807, 2.05) is 0 Å². The third-order valence-electron chi connectivity index (χ3n) is 2.81. The number of nitrogens with two attached hydrogens (primary N) is 1. The maximum atomic E-state index is 13.7. The number of benzene rings is 1. The zero-order valence-corrected chi connectivity index (χ0v) is 11.1. The van der Waals surface area contributed by atoms with Gasteiger partial charge in [-0.2, -0.15) is 0 Å². The second-order valence-electron chi connectivity index (χ2n) is 4.31. The number of nitrogens with zero attached hydrogens (tertiary/aromatic N) is 1. The highest BCUT2D eigenvalue weighted by Gasteiger charge is 2.23. The van der Waals surface area contributed by atoms with Gasteiger partial charge in [-0.05, 0) is 25.1 Å². The van der Waals surface area contributed by atoms with E-state index in [0.29, 0.717) is 11.5 Å². The summed E-state index contributed by atoms with van der Waals surface area (Å²) in [6.45, 7) is 1.76. The summed E-state index contributed by atoms with van der Waals surface area (Å²) in [4.78, 5) is 21.9. The van der Waals surface area contributed by atoms with Gasteiger partial charge in [0, 0.05) is 6.07 Å². The van der Waals surface area contributed by atoms with Gasteiger partial charge in [-0.3, -0.25) is 14.9 Å². The first-order valence-electron chi connectivity index (χ1n) is 5.96. The predicted octanol–water partition coefficient (Wildman–Crippen LogP) is 2.15. The summed E-state index contributed by atoms with van der Waals surface area (Å²) >= 11 is 0. The van der Waals surface area contributed by atoms with E-state index in [2.05, 4.69) is 5.32 Å². The molecule has 8 heteroatoms. The molecule has 3 N–H and O–H groups in total. The first-order valence-corrected chi connectivity index (χ1v) is 5.96. The number of amides is 1. The lowest BCUT2D eigenvalue weighted by Crippen LogP contribution is -2.25. The molecule has 0 bridgehead atoms. The number of aryl methyl sites for hydroxylation is 1. The summed E-state index contributed by atoms with van der Waals surface area (Å²) in [7, 11) is 0. The number of halogens is 1. The number of furan rings is 1. The average Bonchev–Trinajstić information content (AvgIpc) is 2.82. The fourth-order valence-electron chi connectivity index (χ4n) is 1.81. The first kappa shape index (κ1) is 14.5. The van der Waals surface area contributed by atoms with Crippen LogP contribution in [-0.4, -0.2) is 10.8 Å². The normalized spacial score (nSPS) is 10.4. The Balaban J connectivity index is 2.22. The molecule has 7 nitrogen and oxygen atoms in total. The standard InChI is InChI=1S/C13H12FN3O4/c1-7-2-3-8(21-7)6-16-13(18)11-9(14)4-5-10(12(11)15)17(19)20/h2-5H,6,15H2,1H3,(H,16,18). The van der Waals surface area contributed by atoms with Gasteiger partial charge in [0.25, 0.3) is 11.6 Å². The Morgan fingerprint density at radius 1 is 1.43 bits per heavy atom. The molecular formula is C13H12FN3O4. The molecule has 1 heterocycles. The molecule has 1 amide bonds. The van der Waals surface area contributed by atoms with Crippen LogP contribution in [0.15, 0.2) is 28.7 Å². The molecule has 1 aromatic carbocycles. The predicted molar refractivity (Wildman–Crippen MR) is 72.1 cm³/mol. The minimum Gasteiger partial charge on any atom is -0.465 e. The summed E-state index contributed by atoms with van der Waals surface area (Å²) < 4.78 is 18.9. The van der Waals surface area contributed by atoms with Gasteiger partial charge in [0.15, 0.2) is 0 Å². The summed E-state index contributed by atoms with van der Waals surface area (Å²) in [5.74, 6) is -0.625. The third kappa shape index (κ3) is 2.99. The molecule has 2 rings (SSSR count). The van der Waals surface area contributed by atoms with Gasteiger partial charge in [-0.15, -0.1) is 0 Å². The number of anilines is 1. The van der Waals surface area contributed by atoms with E-state index in [0.717, 1.165) is 12.1 Å². The lowest BCUT2D eigenvalue weighted by atomic mass is 10.1. The number of nitro benzene ring substituents is 1. The summed E-state index contributed by atoms with van der Waals surface area (Å²) in [5, 5.41) is 13.1. The van der Waals surface area contributed by atoms with E-state index in [4.69, 9.17) is 10.2 Å². The molecule has 0 atom stereocenters. The van der Waals surface area contributed by atoms with Crippen LogP contribution in [0.25, 0.3) is 0 Å². The van der Waals surface area contributed by atoms with Crippen molar-refractivity contribution in [3.63, 3.8) is 0 Å². The van der Waals surface area contributed by atoms with Gasteiger partial charge < -0.3 is 15.5 Å². The highest BCUT2D eigenvalue weighted by Crippen LogP contribution is 2.27. The van der Waals surface area contributed by atoms with Crippen molar-refractivity contribution >= 4 is 17.3 Å². The van der Waals surface area contributed by atoms with Gasteiger partial charge in [0.05, 0.1) is 11.5 Å². The van der Waals surface area contributed by atoms with E-state index in [9.17, 15) is 19.3 Å². The smallest absolute Gasteiger partial charge is 0.293 e. The van der Waals surface area contributed by atoms with E-state index in [1.165, 1.54) is 0 Å². The van der Waals surface area contributed by atoms with E-state index < -0.39 is 33.6 Å². The van der Waals surface area contributed by atoms with Gasteiger partial charge in [-0.1, -0.05) is 0 Å². The topological polar surface area (TPSA) is 111 Å². The first-order chi connectivity index (χ1) is 9.90. The minimum atomic E-state index is -0.925. The molecule has 0 fully saturated rings. The summed E-state index contributed by atoms with van der Waals surface area (Å²) in [6, 6.07) is 5.12. The largest absolute Gasteiger partial charge is 0.465 e. The molecule has 0 aliphatic heterocycles. The Labute approximate surface area is 118 Å². The Hall–Kier alpha value is -2.90. The zero-order chi connectivity index (χ0) is 15.6. The van der Waals surface area contributed by atoms with Crippen molar-refractivity contribution in [2.45, 2.75) is 13.5 Å². The molecule has 110 valence electrons.